The molecule has 106 valence electrons. The number of halogens is 2. The third kappa shape index (κ3) is 3.20. The average molecular weight is 292 g/mol. The molecule has 1 N–H and O–H groups in total. The van der Waals surface area contributed by atoms with E-state index in [1.54, 1.807) is 0 Å². The summed E-state index contributed by atoms with van der Waals surface area (Å²) < 4.78 is 14.1. The molecule has 0 radical (unpaired) electrons. The molecule has 2 aromatic carbocycles. The Balaban J connectivity index is 2.48. The van der Waals surface area contributed by atoms with Crippen molar-refractivity contribution in [1.29, 1.82) is 0 Å². The summed E-state index contributed by atoms with van der Waals surface area (Å²) in [6.07, 6.45) is 0. The minimum absolute atomic E-state index is 0.199. The van der Waals surface area contributed by atoms with Crippen molar-refractivity contribution in [3.63, 3.8) is 0 Å². The Morgan fingerprint density at radius 3 is 2.50 bits per heavy atom. The fourth-order valence-corrected chi connectivity index (χ4v) is 2.45. The highest BCUT2D eigenvalue weighted by molar-refractivity contribution is 6.31. The predicted octanol–water partition coefficient (Wildman–Crippen LogP) is 4.87. The average Bonchev–Trinajstić information content (AvgIpc) is 2.42. The normalized spacial score (nSPS) is 10.8. The Bertz CT molecular complexity index is 623. The first kappa shape index (κ1) is 15.0. The van der Waals surface area contributed by atoms with Crippen molar-refractivity contribution in [2.45, 2.75) is 27.3 Å². The quantitative estimate of drug-likeness (QED) is 0.847. The maximum absolute atomic E-state index is 14.1. The molecule has 20 heavy (non-hydrogen) atoms. The molecule has 2 aromatic rings. The van der Waals surface area contributed by atoms with Crippen molar-refractivity contribution in [2.75, 3.05) is 6.54 Å². The zero-order valence-corrected chi connectivity index (χ0v) is 12.8. The lowest BCUT2D eigenvalue weighted by atomic mass is 9.96. The third-order valence-electron chi connectivity index (χ3n) is 3.41. The molecular formula is C17H19ClFN. The van der Waals surface area contributed by atoms with Crippen LogP contribution in [-0.2, 0) is 6.54 Å². The molecule has 0 aliphatic heterocycles. The van der Waals surface area contributed by atoms with Crippen LogP contribution in [0.2, 0.25) is 5.02 Å². The van der Waals surface area contributed by atoms with Gasteiger partial charge in [-0.15, -0.1) is 0 Å². The van der Waals surface area contributed by atoms with Gasteiger partial charge in [0.1, 0.15) is 5.82 Å². The zero-order chi connectivity index (χ0) is 14.7. The van der Waals surface area contributed by atoms with Crippen LogP contribution in [0.15, 0.2) is 30.3 Å². The first-order valence-corrected chi connectivity index (χ1v) is 7.17. The monoisotopic (exact) mass is 291 g/mol. The Hall–Kier alpha value is -1.38. The fourth-order valence-electron chi connectivity index (χ4n) is 2.23. The van der Waals surface area contributed by atoms with Gasteiger partial charge < -0.3 is 5.32 Å². The van der Waals surface area contributed by atoms with Crippen LogP contribution in [-0.4, -0.2) is 6.54 Å². The molecular weight excluding hydrogens is 273 g/mol. The summed E-state index contributed by atoms with van der Waals surface area (Å²) in [5.74, 6) is -0.199. The smallest absolute Gasteiger partial charge is 0.131 e. The van der Waals surface area contributed by atoms with Crippen LogP contribution in [0.3, 0.4) is 0 Å². The lowest BCUT2D eigenvalue weighted by Gasteiger charge is -2.12. The molecule has 0 bridgehead atoms. The van der Waals surface area contributed by atoms with Gasteiger partial charge in [0.05, 0.1) is 0 Å². The van der Waals surface area contributed by atoms with E-state index in [1.807, 2.05) is 38.1 Å². The molecule has 3 heteroatoms. The SMILES string of the molecule is CCNCc1ccc(F)c(-c2cc(C)c(Cl)cc2C)c1. The second-order valence-corrected chi connectivity index (χ2v) is 5.42. The van der Waals surface area contributed by atoms with E-state index < -0.39 is 0 Å². The first-order chi connectivity index (χ1) is 9.52. The van der Waals surface area contributed by atoms with E-state index in [2.05, 4.69) is 12.2 Å². The largest absolute Gasteiger partial charge is 0.313 e. The number of rotatable bonds is 4. The van der Waals surface area contributed by atoms with Crippen molar-refractivity contribution >= 4 is 11.6 Å². The van der Waals surface area contributed by atoms with Crippen LogP contribution >= 0.6 is 11.6 Å². The van der Waals surface area contributed by atoms with Crippen molar-refractivity contribution < 1.29 is 4.39 Å². The predicted molar refractivity (Wildman–Crippen MR) is 83.7 cm³/mol. The second-order valence-electron chi connectivity index (χ2n) is 5.01. The Morgan fingerprint density at radius 2 is 1.80 bits per heavy atom. The van der Waals surface area contributed by atoms with Gasteiger partial charge >= 0.3 is 0 Å². The van der Waals surface area contributed by atoms with Crippen molar-refractivity contribution in [3.8, 4) is 11.1 Å². The Labute approximate surface area is 124 Å². The molecule has 0 aliphatic rings. The Morgan fingerprint density at radius 1 is 1.05 bits per heavy atom. The maximum atomic E-state index is 14.1. The highest BCUT2D eigenvalue weighted by Crippen LogP contribution is 2.31. The molecule has 0 heterocycles. The molecule has 0 saturated heterocycles. The summed E-state index contributed by atoms with van der Waals surface area (Å²) in [6.45, 7) is 7.58. The van der Waals surface area contributed by atoms with Crippen molar-refractivity contribution in [3.05, 3.63) is 57.9 Å². The van der Waals surface area contributed by atoms with Gasteiger partial charge in [0.25, 0.3) is 0 Å². The van der Waals surface area contributed by atoms with E-state index in [0.717, 1.165) is 40.4 Å². The number of hydrogen-bond donors (Lipinski definition) is 1. The van der Waals surface area contributed by atoms with Crippen LogP contribution in [0, 0.1) is 19.7 Å². The lowest BCUT2D eigenvalue weighted by molar-refractivity contribution is 0.629. The molecule has 0 atom stereocenters. The highest BCUT2D eigenvalue weighted by atomic mass is 35.5. The van der Waals surface area contributed by atoms with Gasteiger partial charge in [-0.05, 0) is 66.9 Å². The molecule has 0 saturated carbocycles. The molecule has 0 unspecified atom stereocenters. The lowest BCUT2D eigenvalue weighted by Crippen LogP contribution is -2.11. The molecule has 0 spiro atoms. The van der Waals surface area contributed by atoms with Gasteiger partial charge in [0.2, 0.25) is 0 Å². The van der Waals surface area contributed by atoms with E-state index in [9.17, 15) is 4.39 Å². The van der Waals surface area contributed by atoms with Crippen molar-refractivity contribution in [2.24, 2.45) is 0 Å². The molecule has 0 aromatic heterocycles. The molecule has 0 aliphatic carbocycles. The van der Waals surface area contributed by atoms with Gasteiger partial charge in [-0.2, -0.15) is 0 Å². The van der Waals surface area contributed by atoms with E-state index in [4.69, 9.17) is 11.6 Å². The molecule has 2 rings (SSSR count). The van der Waals surface area contributed by atoms with E-state index in [-0.39, 0.29) is 5.82 Å². The summed E-state index contributed by atoms with van der Waals surface area (Å²) in [6, 6.07) is 9.11. The van der Waals surface area contributed by atoms with Gasteiger partial charge in [0, 0.05) is 17.1 Å². The van der Waals surface area contributed by atoms with Crippen LogP contribution in [0.5, 0.6) is 0 Å². The summed E-state index contributed by atoms with van der Waals surface area (Å²) in [5, 5.41) is 3.97. The van der Waals surface area contributed by atoms with Crippen molar-refractivity contribution in [1.82, 2.24) is 5.32 Å². The number of aryl methyl sites for hydroxylation is 2. The number of nitrogens with one attached hydrogen (secondary N) is 1. The third-order valence-corrected chi connectivity index (χ3v) is 3.81. The maximum Gasteiger partial charge on any atom is 0.131 e. The molecule has 0 amide bonds. The summed E-state index contributed by atoms with van der Waals surface area (Å²) in [5.41, 5.74) is 4.57. The van der Waals surface area contributed by atoms with Gasteiger partial charge in [0.15, 0.2) is 0 Å². The number of hydrogen-bond acceptors (Lipinski definition) is 1. The van der Waals surface area contributed by atoms with Gasteiger partial charge in [-0.25, -0.2) is 4.39 Å². The van der Waals surface area contributed by atoms with E-state index >= 15 is 0 Å². The van der Waals surface area contributed by atoms with Crippen LogP contribution < -0.4 is 5.32 Å². The first-order valence-electron chi connectivity index (χ1n) is 6.79. The summed E-state index contributed by atoms with van der Waals surface area (Å²) in [4.78, 5) is 0. The highest BCUT2D eigenvalue weighted by Gasteiger charge is 2.11. The fraction of sp³-hybridized carbons (Fsp3) is 0.294. The minimum Gasteiger partial charge on any atom is -0.313 e. The second kappa shape index (κ2) is 6.38. The zero-order valence-electron chi connectivity index (χ0n) is 12.1. The topological polar surface area (TPSA) is 12.0 Å². The standard InChI is InChI=1S/C17H19ClFN/c1-4-20-10-13-5-6-17(19)15(9-13)14-7-12(3)16(18)8-11(14)2/h5-9,20H,4,10H2,1-3H3. The molecule has 1 nitrogen and oxygen atoms in total. The summed E-state index contributed by atoms with van der Waals surface area (Å²) >= 11 is 6.11. The van der Waals surface area contributed by atoms with Crippen LogP contribution in [0.4, 0.5) is 4.39 Å². The van der Waals surface area contributed by atoms with E-state index in [1.165, 1.54) is 6.07 Å². The van der Waals surface area contributed by atoms with Gasteiger partial charge in [-0.3, -0.25) is 0 Å². The number of benzene rings is 2. The van der Waals surface area contributed by atoms with Gasteiger partial charge in [-0.1, -0.05) is 24.6 Å². The Kier molecular flexibility index (Phi) is 4.79. The molecule has 0 fully saturated rings. The van der Waals surface area contributed by atoms with Crippen LogP contribution in [0.25, 0.3) is 11.1 Å². The van der Waals surface area contributed by atoms with E-state index in [0.29, 0.717) is 5.56 Å². The summed E-state index contributed by atoms with van der Waals surface area (Å²) in [7, 11) is 0. The van der Waals surface area contributed by atoms with Crippen LogP contribution in [0.1, 0.15) is 23.6 Å². The minimum atomic E-state index is -0.199.